The Kier molecular flexibility index (Phi) is 5.96. The predicted molar refractivity (Wildman–Crippen MR) is 78.3 cm³/mol. The van der Waals surface area contributed by atoms with E-state index in [4.69, 9.17) is 0 Å². The van der Waals surface area contributed by atoms with Gasteiger partial charge in [-0.1, -0.05) is 32.0 Å². The molecule has 21 heavy (non-hydrogen) atoms. The topological polar surface area (TPSA) is 63.2 Å². The molecule has 0 saturated heterocycles. The summed E-state index contributed by atoms with van der Waals surface area (Å²) in [5.74, 6) is -3.63. The number of halogens is 1. The molecule has 1 aromatic rings. The molecule has 1 aromatic carbocycles. The van der Waals surface area contributed by atoms with Crippen LogP contribution in [0.25, 0.3) is 0 Å². The molecule has 1 N–H and O–H groups in total. The van der Waals surface area contributed by atoms with Gasteiger partial charge in [-0.3, -0.25) is 14.4 Å². The van der Waals surface area contributed by atoms with E-state index in [1.165, 1.54) is 13.8 Å². The largest absolute Gasteiger partial charge is 0.326 e. The summed E-state index contributed by atoms with van der Waals surface area (Å²) in [5.41, 5.74) is 0.156. The van der Waals surface area contributed by atoms with E-state index in [0.29, 0.717) is 5.69 Å². The third-order valence-electron chi connectivity index (χ3n) is 2.83. The molecule has 0 heterocycles. The highest BCUT2D eigenvalue weighted by molar-refractivity contribution is 6.08. The fourth-order valence-corrected chi connectivity index (χ4v) is 1.65. The summed E-state index contributed by atoms with van der Waals surface area (Å²) < 4.78 is 14.0. The van der Waals surface area contributed by atoms with Gasteiger partial charge in [0, 0.05) is 17.2 Å². The van der Waals surface area contributed by atoms with Crippen molar-refractivity contribution in [3.63, 3.8) is 0 Å². The van der Waals surface area contributed by atoms with E-state index in [1.54, 1.807) is 30.3 Å². The summed E-state index contributed by atoms with van der Waals surface area (Å²) in [6.45, 7) is 4.20. The summed E-state index contributed by atoms with van der Waals surface area (Å²) in [4.78, 5) is 34.9. The van der Waals surface area contributed by atoms with Crippen LogP contribution in [0.15, 0.2) is 41.7 Å². The Morgan fingerprint density at radius 3 is 2.19 bits per heavy atom. The normalized spacial score (nSPS) is 11.9. The zero-order valence-electron chi connectivity index (χ0n) is 12.3. The van der Waals surface area contributed by atoms with Gasteiger partial charge in [0.1, 0.15) is 0 Å². The number of amides is 1. The van der Waals surface area contributed by atoms with E-state index in [-0.39, 0.29) is 5.57 Å². The summed E-state index contributed by atoms with van der Waals surface area (Å²) in [7, 11) is 0. The van der Waals surface area contributed by atoms with Gasteiger partial charge in [0.25, 0.3) is 0 Å². The minimum atomic E-state index is -1.12. The van der Waals surface area contributed by atoms with Crippen LogP contribution in [0.3, 0.4) is 0 Å². The van der Waals surface area contributed by atoms with Crippen molar-refractivity contribution in [2.24, 2.45) is 5.92 Å². The van der Waals surface area contributed by atoms with Gasteiger partial charge in [-0.15, -0.1) is 0 Å². The molecular weight excluding hydrogens is 273 g/mol. The molecule has 0 aliphatic rings. The lowest BCUT2D eigenvalue weighted by Gasteiger charge is -2.09. The Morgan fingerprint density at radius 1 is 1.14 bits per heavy atom. The fourth-order valence-electron chi connectivity index (χ4n) is 1.65. The standard InChI is InChI=1S/C16H18FNO3/c1-10(2)16(21)15(17)13(11(3)19)9-14(20)18-12-7-5-4-6-8-12/h4-8,10H,9H2,1-3H3,(H,18,20)/b15-13+. The summed E-state index contributed by atoms with van der Waals surface area (Å²) in [5, 5.41) is 2.55. The molecule has 4 nitrogen and oxygen atoms in total. The molecule has 0 aliphatic carbocycles. The Morgan fingerprint density at radius 2 is 1.71 bits per heavy atom. The number of Topliss-reactive ketones (excluding diaryl/α,β-unsaturated/α-hetero) is 2. The lowest BCUT2D eigenvalue weighted by atomic mass is 10.0. The molecule has 0 unspecified atom stereocenters. The quantitative estimate of drug-likeness (QED) is 0.819. The van der Waals surface area contributed by atoms with Crippen molar-refractivity contribution in [2.75, 3.05) is 5.32 Å². The lowest BCUT2D eigenvalue weighted by Crippen LogP contribution is -2.18. The van der Waals surface area contributed by atoms with Crippen LogP contribution in [-0.2, 0) is 14.4 Å². The van der Waals surface area contributed by atoms with Crippen molar-refractivity contribution < 1.29 is 18.8 Å². The van der Waals surface area contributed by atoms with Gasteiger partial charge >= 0.3 is 0 Å². The zero-order chi connectivity index (χ0) is 16.0. The highest BCUT2D eigenvalue weighted by Crippen LogP contribution is 2.18. The van der Waals surface area contributed by atoms with E-state index in [2.05, 4.69) is 5.32 Å². The van der Waals surface area contributed by atoms with Crippen molar-refractivity contribution in [3.8, 4) is 0 Å². The van der Waals surface area contributed by atoms with Gasteiger partial charge in [-0.2, -0.15) is 0 Å². The molecule has 0 aromatic heterocycles. The van der Waals surface area contributed by atoms with Crippen LogP contribution in [0, 0.1) is 5.92 Å². The number of carbonyl (C=O) groups is 3. The summed E-state index contributed by atoms with van der Waals surface area (Å²) in [6, 6.07) is 8.60. The van der Waals surface area contributed by atoms with Crippen LogP contribution in [0.2, 0.25) is 0 Å². The second kappa shape index (κ2) is 7.47. The SMILES string of the molecule is CC(=O)/C(CC(=O)Nc1ccccc1)=C(/F)C(=O)C(C)C. The number of benzene rings is 1. The van der Waals surface area contributed by atoms with E-state index < -0.39 is 35.6 Å². The first-order chi connectivity index (χ1) is 9.82. The molecule has 0 fully saturated rings. The van der Waals surface area contributed by atoms with Gasteiger partial charge in [0.05, 0.1) is 6.42 Å². The molecule has 112 valence electrons. The molecule has 1 rings (SSSR count). The number of hydrogen-bond acceptors (Lipinski definition) is 3. The Hall–Kier alpha value is -2.30. The number of rotatable bonds is 6. The van der Waals surface area contributed by atoms with Gasteiger partial charge in [-0.05, 0) is 19.1 Å². The lowest BCUT2D eigenvalue weighted by molar-refractivity contribution is -0.121. The smallest absolute Gasteiger partial charge is 0.229 e. The van der Waals surface area contributed by atoms with Crippen LogP contribution in [0.5, 0.6) is 0 Å². The molecule has 0 saturated carbocycles. The molecular formula is C16H18FNO3. The number of hydrogen-bond donors (Lipinski definition) is 1. The molecule has 5 heteroatoms. The Labute approximate surface area is 123 Å². The third kappa shape index (κ3) is 4.95. The second-order valence-corrected chi connectivity index (χ2v) is 4.96. The van der Waals surface area contributed by atoms with E-state index in [9.17, 15) is 18.8 Å². The van der Waals surface area contributed by atoms with E-state index in [0.717, 1.165) is 6.92 Å². The van der Waals surface area contributed by atoms with Crippen molar-refractivity contribution >= 4 is 23.2 Å². The summed E-state index contributed by atoms with van der Waals surface area (Å²) in [6.07, 6.45) is -0.464. The molecule has 1 amide bonds. The van der Waals surface area contributed by atoms with Crippen molar-refractivity contribution in [3.05, 3.63) is 41.7 Å². The number of para-hydroxylation sites is 1. The Balaban J connectivity index is 2.89. The van der Waals surface area contributed by atoms with Gasteiger partial charge in [0.2, 0.25) is 5.91 Å². The molecule has 0 aliphatic heterocycles. The van der Waals surface area contributed by atoms with Gasteiger partial charge < -0.3 is 5.32 Å². The van der Waals surface area contributed by atoms with Gasteiger partial charge in [0.15, 0.2) is 17.4 Å². The zero-order valence-corrected chi connectivity index (χ0v) is 12.3. The summed E-state index contributed by atoms with van der Waals surface area (Å²) >= 11 is 0. The third-order valence-corrected chi connectivity index (χ3v) is 2.83. The number of anilines is 1. The van der Waals surface area contributed by atoms with Crippen LogP contribution in [0.4, 0.5) is 10.1 Å². The molecule has 0 bridgehead atoms. The first-order valence-electron chi connectivity index (χ1n) is 6.61. The van der Waals surface area contributed by atoms with E-state index >= 15 is 0 Å². The van der Waals surface area contributed by atoms with Crippen molar-refractivity contribution in [2.45, 2.75) is 27.2 Å². The van der Waals surface area contributed by atoms with Crippen LogP contribution < -0.4 is 5.32 Å². The number of carbonyl (C=O) groups excluding carboxylic acids is 3. The van der Waals surface area contributed by atoms with Crippen LogP contribution in [0.1, 0.15) is 27.2 Å². The first kappa shape index (κ1) is 16.8. The van der Waals surface area contributed by atoms with Crippen molar-refractivity contribution in [1.82, 2.24) is 0 Å². The monoisotopic (exact) mass is 291 g/mol. The minimum absolute atomic E-state index is 0.387. The first-order valence-corrected chi connectivity index (χ1v) is 6.61. The van der Waals surface area contributed by atoms with E-state index in [1.807, 2.05) is 0 Å². The number of allylic oxidation sites excluding steroid dienone is 1. The maximum atomic E-state index is 14.0. The molecule has 0 spiro atoms. The predicted octanol–water partition coefficient (Wildman–Crippen LogP) is 3.05. The second-order valence-electron chi connectivity index (χ2n) is 4.96. The average Bonchev–Trinajstić information content (AvgIpc) is 2.43. The highest BCUT2D eigenvalue weighted by Gasteiger charge is 2.23. The number of nitrogens with one attached hydrogen (secondary N) is 1. The molecule has 0 radical (unpaired) electrons. The fraction of sp³-hybridized carbons (Fsp3) is 0.312. The van der Waals surface area contributed by atoms with Gasteiger partial charge in [-0.25, -0.2) is 4.39 Å². The van der Waals surface area contributed by atoms with Crippen LogP contribution >= 0.6 is 0 Å². The van der Waals surface area contributed by atoms with Crippen molar-refractivity contribution in [1.29, 1.82) is 0 Å². The highest BCUT2D eigenvalue weighted by atomic mass is 19.1. The maximum Gasteiger partial charge on any atom is 0.229 e. The molecule has 0 atom stereocenters. The number of ketones is 2. The average molecular weight is 291 g/mol. The Bertz CT molecular complexity index is 576. The maximum absolute atomic E-state index is 14.0. The van der Waals surface area contributed by atoms with Crippen LogP contribution in [-0.4, -0.2) is 17.5 Å². The minimum Gasteiger partial charge on any atom is -0.326 e.